The van der Waals surface area contributed by atoms with Gasteiger partial charge in [-0.3, -0.25) is 14.9 Å². The summed E-state index contributed by atoms with van der Waals surface area (Å²) in [7, 11) is 0. The maximum absolute atomic E-state index is 12.7. The SMILES string of the molecule is O=C(NCc1cc(Br)cc(Br)c1)c1cccc(Cn2cc(COc3ccc([N+](=O)[O-])cc3)nn2)c1. The van der Waals surface area contributed by atoms with Crippen LogP contribution >= 0.6 is 31.9 Å². The lowest BCUT2D eigenvalue weighted by molar-refractivity contribution is -0.384. The zero-order chi connectivity index (χ0) is 24.8. The predicted molar refractivity (Wildman–Crippen MR) is 136 cm³/mol. The number of hydrogen-bond donors (Lipinski definition) is 1. The fourth-order valence-electron chi connectivity index (χ4n) is 3.30. The molecule has 0 radical (unpaired) electrons. The third-order valence-corrected chi connectivity index (χ3v) is 5.85. The Morgan fingerprint density at radius 2 is 1.77 bits per heavy atom. The molecule has 4 aromatic rings. The third-order valence-electron chi connectivity index (χ3n) is 4.93. The monoisotopic (exact) mass is 599 g/mol. The number of nitro benzene ring substituents is 1. The lowest BCUT2D eigenvalue weighted by Gasteiger charge is -2.08. The number of amides is 1. The van der Waals surface area contributed by atoms with Gasteiger partial charge in [0, 0.05) is 33.2 Å². The fourth-order valence-corrected chi connectivity index (χ4v) is 4.69. The van der Waals surface area contributed by atoms with Crippen LogP contribution in [0.15, 0.2) is 81.9 Å². The Bertz CT molecular complexity index is 1340. The molecule has 0 bridgehead atoms. The molecule has 0 fully saturated rings. The number of rotatable bonds is 9. The number of ether oxygens (including phenoxy) is 1. The first kappa shape index (κ1) is 24.6. The van der Waals surface area contributed by atoms with Crippen molar-refractivity contribution in [1.29, 1.82) is 0 Å². The second-order valence-electron chi connectivity index (χ2n) is 7.61. The van der Waals surface area contributed by atoms with Crippen molar-refractivity contribution in [3.05, 3.63) is 114 Å². The van der Waals surface area contributed by atoms with Crippen molar-refractivity contribution in [2.75, 3.05) is 0 Å². The van der Waals surface area contributed by atoms with Crippen LogP contribution < -0.4 is 10.1 Å². The van der Waals surface area contributed by atoms with E-state index in [1.54, 1.807) is 16.9 Å². The van der Waals surface area contributed by atoms with Crippen molar-refractivity contribution in [1.82, 2.24) is 20.3 Å². The Hall–Kier alpha value is -3.57. The summed E-state index contributed by atoms with van der Waals surface area (Å²) < 4.78 is 9.15. The van der Waals surface area contributed by atoms with Gasteiger partial charge in [-0.25, -0.2) is 4.68 Å². The number of benzene rings is 3. The van der Waals surface area contributed by atoms with E-state index in [2.05, 4.69) is 47.5 Å². The number of carbonyl (C=O) groups is 1. The van der Waals surface area contributed by atoms with Gasteiger partial charge in [0.1, 0.15) is 18.1 Å². The van der Waals surface area contributed by atoms with Crippen LogP contribution in [-0.4, -0.2) is 25.8 Å². The van der Waals surface area contributed by atoms with Gasteiger partial charge in [-0.15, -0.1) is 5.10 Å². The molecule has 0 aliphatic rings. The van der Waals surface area contributed by atoms with Gasteiger partial charge in [0.05, 0.1) is 17.7 Å². The number of nitrogens with zero attached hydrogens (tertiary/aromatic N) is 4. The number of nitro groups is 1. The summed E-state index contributed by atoms with van der Waals surface area (Å²) in [5.74, 6) is 0.331. The maximum Gasteiger partial charge on any atom is 0.269 e. The van der Waals surface area contributed by atoms with Crippen LogP contribution in [0.5, 0.6) is 5.75 Å². The van der Waals surface area contributed by atoms with Crippen LogP contribution in [0, 0.1) is 10.1 Å². The lowest BCUT2D eigenvalue weighted by Crippen LogP contribution is -2.23. The zero-order valence-corrected chi connectivity index (χ0v) is 21.4. The topological polar surface area (TPSA) is 112 Å². The van der Waals surface area contributed by atoms with Crippen molar-refractivity contribution in [2.24, 2.45) is 0 Å². The molecule has 0 atom stereocenters. The highest BCUT2D eigenvalue weighted by Crippen LogP contribution is 2.20. The molecule has 1 N–H and O–H groups in total. The summed E-state index contributed by atoms with van der Waals surface area (Å²) in [6.45, 7) is 1.01. The average molecular weight is 601 g/mol. The van der Waals surface area contributed by atoms with Gasteiger partial charge in [0.25, 0.3) is 11.6 Å². The minimum Gasteiger partial charge on any atom is -0.487 e. The van der Waals surface area contributed by atoms with E-state index < -0.39 is 4.92 Å². The molecule has 0 saturated carbocycles. The van der Waals surface area contributed by atoms with Crippen molar-refractivity contribution in [2.45, 2.75) is 19.7 Å². The van der Waals surface area contributed by atoms with E-state index >= 15 is 0 Å². The molecule has 3 aromatic carbocycles. The van der Waals surface area contributed by atoms with Gasteiger partial charge in [0.2, 0.25) is 0 Å². The quantitative estimate of drug-likeness (QED) is 0.207. The Morgan fingerprint density at radius 3 is 2.49 bits per heavy atom. The van der Waals surface area contributed by atoms with E-state index in [1.165, 1.54) is 24.3 Å². The summed E-state index contributed by atoms with van der Waals surface area (Å²) in [5.41, 5.74) is 3.04. The molecule has 4 rings (SSSR count). The third kappa shape index (κ3) is 6.96. The second-order valence-corrected chi connectivity index (χ2v) is 9.44. The number of non-ortho nitro benzene ring substituents is 1. The van der Waals surface area contributed by atoms with Crippen molar-refractivity contribution in [3.63, 3.8) is 0 Å². The fraction of sp³-hybridized carbons (Fsp3) is 0.125. The number of halogens is 2. The first-order chi connectivity index (χ1) is 16.9. The smallest absolute Gasteiger partial charge is 0.269 e. The van der Waals surface area contributed by atoms with Crippen LogP contribution in [0.25, 0.3) is 0 Å². The van der Waals surface area contributed by atoms with Crippen LogP contribution in [0.3, 0.4) is 0 Å². The van der Waals surface area contributed by atoms with Gasteiger partial charge >= 0.3 is 0 Å². The molecule has 0 aliphatic heterocycles. The maximum atomic E-state index is 12.7. The number of aromatic nitrogens is 3. The van der Waals surface area contributed by atoms with Crippen LogP contribution in [-0.2, 0) is 19.7 Å². The van der Waals surface area contributed by atoms with E-state index in [1.807, 2.05) is 36.4 Å². The zero-order valence-electron chi connectivity index (χ0n) is 18.2. The molecule has 178 valence electrons. The molecule has 11 heteroatoms. The highest BCUT2D eigenvalue weighted by Gasteiger charge is 2.09. The summed E-state index contributed by atoms with van der Waals surface area (Å²) in [6.07, 6.45) is 1.75. The molecule has 1 aromatic heterocycles. The highest BCUT2D eigenvalue weighted by molar-refractivity contribution is 9.11. The molecule has 0 unspecified atom stereocenters. The average Bonchev–Trinajstić information content (AvgIpc) is 3.28. The Kier molecular flexibility index (Phi) is 7.88. The van der Waals surface area contributed by atoms with Crippen LogP contribution in [0.2, 0.25) is 0 Å². The van der Waals surface area contributed by atoms with Gasteiger partial charge in [-0.2, -0.15) is 0 Å². The normalized spacial score (nSPS) is 10.7. The van der Waals surface area contributed by atoms with E-state index in [0.717, 1.165) is 20.1 Å². The second kappa shape index (κ2) is 11.2. The van der Waals surface area contributed by atoms with Gasteiger partial charge in [-0.1, -0.05) is 49.2 Å². The van der Waals surface area contributed by atoms with Crippen molar-refractivity contribution >= 4 is 43.5 Å². The lowest BCUT2D eigenvalue weighted by atomic mass is 10.1. The molecule has 9 nitrogen and oxygen atoms in total. The molecular weight excluding hydrogens is 582 g/mol. The van der Waals surface area contributed by atoms with E-state index in [4.69, 9.17) is 4.74 Å². The first-order valence-corrected chi connectivity index (χ1v) is 12.0. The first-order valence-electron chi connectivity index (χ1n) is 10.4. The molecule has 0 saturated heterocycles. The van der Waals surface area contributed by atoms with E-state index in [0.29, 0.717) is 30.1 Å². The predicted octanol–water partition coefficient (Wildman–Crippen LogP) is 5.27. The van der Waals surface area contributed by atoms with Gasteiger partial charge in [0.15, 0.2) is 0 Å². The largest absolute Gasteiger partial charge is 0.487 e. The molecular formula is C24H19Br2N5O4. The van der Waals surface area contributed by atoms with Crippen molar-refractivity contribution in [3.8, 4) is 5.75 Å². The van der Waals surface area contributed by atoms with Gasteiger partial charge < -0.3 is 10.1 Å². The van der Waals surface area contributed by atoms with Gasteiger partial charge in [-0.05, 0) is 53.6 Å². The number of carbonyl (C=O) groups excluding carboxylic acids is 1. The number of nitrogens with one attached hydrogen (secondary N) is 1. The Balaban J connectivity index is 1.32. The standard InChI is InChI=1S/C24H19Br2N5O4/c25-19-9-17(10-20(26)11-19)12-27-24(32)18-3-1-2-16(8-18)13-30-14-21(28-29-30)15-35-23-6-4-22(5-7-23)31(33)34/h1-11,14H,12-13,15H2,(H,27,32). The summed E-state index contributed by atoms with van der Waals surface area (Å²) in [6, 6.07) is 19.0. The number of hydrogen-bond acceptors (Lipinski definition) is 6. The Labute approximate surface area is 217 Å². The molecule has 1 heterocycles. The van der Waals surface area contributed by atoms with E-state index in [-0.39, 0.29) is 18.2 Å². The van der Waals surface area contributed by atoms with Crippen LogP contribution in [0.1, 0.15) is 27.2 Å². The minimum atomic E-state index is -0.463. The molecule has 35 heavy (non-hydrogen) atoms. The highest BCUT2D eigenvalue weighted by atomic mass is 79.9. The minimum absolute atomic E-state index is 0.000386. The Morgan fingerprint density at radius 1 is 1.03 bits per heavy atom. The van der Waals surface area contributed by atoms with Crippen molar-refractivity contribution < 1.29 is 14.5 Å². The summed E-state index contributed by atoms with van der Waals surface area (Å²) >= 11 is 6.90. The molecule has 0 spiro atoms. The van der Waals surface area contributed by atoms with E-state index in [9.17, 15) is 14.9 Å². The summed E-state index contributed by atoms with van der Waals surface area (Å²) in [5, 5.41) is 21.9. The molecule has 0 aliphatic carbocycles. The van der Waals surface area contributed by atoms with Crippen LogP contribution in [0.4, 0.5) is 5.69 Å². The molecule has 1 amide bonds. The summed E-state index contributed by atoms with van der Waals surface area (Å²) in [4.78, 5) is 22.9.